The lowest BCUT2D eigenvalue weighted by Crippen LogP contribution is -2.31. The van der Waals surface area contributed by atoms with Gasteiger partial charge in [0.1, 0.15) is 13.2 Å². The van der Waals surface area contributed by atoms with Crippen LogP contribution in [0.4, 0.5) is 0 Å². The Bertz CT molecular complexity index is 871. The van der Waals surface area contributed by atoms with Gasteiger partial charge < -0.3 is 23.8 Å². The van der Waals surface area contributed by atoms with E-state index in [0.717, 1.165) is 12.0 Å². The smallest absolute Gasteiger partial charge is 0.254 e. The molecule has 2 aromatic rings. The Labute approximate surface area is 176 Å². The molecule has 29 heavy (non-hydrogen) atoms. The van der Waals surface area contributed by atoms with Crippen molar-refractivity contribution >= 4 is 17.5 Å². The Hall–Kier alpha value is -2.60. The number of amides is 1. The van der Waals surface area contributed by atoms with Gasteiger partial charge in [0.25, 0.3) is 5.91 Å². The molecule has 0 bridgehead atoms. The van der Waals surface area contributed by atoms with E-state index in [-0.39, 0.29) is 5.91 Å². The molecule has 0 spiro atoms. The minimum Gasteiger partial charge on any atom is -0.493 e. The summed E-state index contributed by atoms with van der Waals surface area (Å²) < 4.78 is 22.5. The molecule has 3 rings (SSSR count). The monoisotopic (exact) mass is 419 g/mol. The second kappa shape index (κ2) is 9.74. The quantitative estimate of drug-likeness (QED) is 0.627. The number of ether oxygens (including phenoxy) is 4. The van der Waals surface area contributed by atoms with Gasteiger partial charge >= 0.3 is 0 Å². The third kappa shape index (κ3) is 4.70. The first kappa shape index (κ1) is 21.1. The fourth-order valence-corrected chi connectivity index (χ4v) is 3.43. The van der Waals surface area contributed by atoms with Crippen LogP contribution < -0.4 is 18.9 Å². The number of methoxy groups -OCH3 is 1. The van der Waals surface area contributed by atoms with Gasteiger partial charge in [0.05, 0.1) is 18.7 Å². The molecule has 0 saturated heterocycles. The molecule has 1 aliphatic rings. The van der Waals surface area contributed by atoms with Gasteiger partial charge in [0.2, 0.25) is 0 Å². The molecule has 1 aliphatic heterocycles. The van der Waals surface area contributed by atoms with Gasteiger partial charge in [-0.3, -0.25) is 4.79 Å². The topological polar surface area (TPSA) is 57.2 Å². The van der Waals surface area contributed by atoms with Crippen molar-refractivity contribution in [3.05, 3.63) is 46.5 Å². The van der Waals surface area contributed by atoms with Crippen LogP contribution in [0.2, 0.25) is 5.02 Å². The zero-order valence-corrected chi connectivity index (χ0v) is 17.8. The van der Waals surface area contributed by atoms with Gasteiger partial charge in [-0.2, -0.15) is 0 Å². The Morgan fingerprint density at radius 2 is 2.00 bits per heavy atom. The summed E-state index contributed by atoms with van der Waals surface area (Å²) in [5, 5.41) is 0.353. The van der Waals surface area contributed by atoms with E-state index < -0.39 is 0 Å². The Morgan fingerprint density at radius 1 is 1.21 bits per heavy atom. The third-order valence-corrected chi connectivity index (χ3v) is 4.89. The Morgan fingerprint density at radius 3 is 2.72 bits per heavy atom. The van der Waals surface area contributed by atoms with Crippen molar-refractivity contribution in [2.45, 2.75) is 26.8 Å². The van der Waals surface area contributed by atoms with Gasteiger partial charge in [-0.15, -0.1) is 0 Å². The van der Waals surface area contributed by atoms with Gasteiger partial charge in [0, 0.05) is 24.2 Å². The first-order valence-corrected chi connectivity index (χ1v) is 10.1. The van der Waals surface area contributed by atoms with E-state index in [4.69, 9.17) is 30.5 Å². The molecule has 0 aliphatic carbocycles. The molecule has 2 aromatic carbocycles. The van der Waals surface area contributed by atoms with E-state index in [1.54, 1.807) is 17.0 Å². The highest BCUT2D eigenvalue weighted by Crippen LogP contribution is 2.38. The number of nitrogens with zero attached hydrogens (tertiary/aromatic N) is 1. The molecular formula is C22H26ClNO5. The van der Waals surface area contributed by atoms with Crippen molar-refractivity contribution in [3.63, 3.8) is 0 Å². The first-order valence-electron chi connectivity index (χ1n) is 9.76. The van der Waals surface area contributed by atoms with Crippen molar-refractivity contribution in [1.82, 2.24) is 4.90 Å². The SMILES string of the molecule is CCCOc1c(Cl)cc(C(=O)N(CC)Cc2cccc3c2OCCO3)cc1OC. The summed E-state index contributed by atoms with van der Waals surface area (Å²) in [7, 11) is 1.53. The first-order chi connectivity index (χ1) is 14.1. The number of benzene rings is 2. The molecule has 6 nitrogen and oxygen atoms in total. The predicted octanol–water partition coefficient (Wildman–Crippen LogP) is 4.57. The molecule has 0 aromatic heterocycles. The molecule has 0 unspecified atom stereocenters. The predicted molar refractivity (Wildman–Crippen MR) is 112 cm³/mol. The van der Waals surface area contributed by atoms with Crippen molar-refractivity contribution in [3.8, 4) is 23.0 Å². The maximum absolute atomic E-state index is 13.2. The molecule has 1 amide bonds. The van der Waals surface area contributed by atoms with E-state index in [0.29, 0.717) is 66.5 Å². The van der Waals surface area contributed by atoms with Crippen molar-refractivity contribution in [1.29, 1.82) is 0 Å². The highest BCUT2D eigenvalue weighted by molar-refractivity contribution is 6.32. The largest absolute Gasteiger partial charge is 0.493 e. The molecule has 156 valence electrons. The van der Waals surface area contributed by atoms with Crippen LogP contribution in [-0.4, -0.2) is 44.3 Å². The third-order valence-electron chi connectivity index (χ3n) is 4.60. The van der Waals surface area contributed by atoms with Crippen LogP contribution in [0.3, 0.4) is 0 Å². The van der Waals surface area contributed by atoms with Crippen molar-refractivity contribution in [2.75, 3.05) is 33.5 Å². The van der Waals surface area contributed by atoms with E-state index in [1.807, 2.05) is 32.0 Å². The summed E-state index contributed by atoms with van der Waals surface area (Å²) in [6.07, 6.45) is 0.844. The van der Waals surface area contributed by atoms with E-state index in [2.05, 4.69) is 0 Å². The normalized spacial score (nSPS) is 12.4. The number of carbonyl (C=O) groups is 1. The molecule has 0 fully saturated rings. The van der Waals surface area contributed by atoms with Crippen LogP contribution in [0, 0.1) is 0 Å². The van der Waals surface area contributed by atoms with Gasteiger partial charge in [-0.25, -0.2) is 0 Å². The fourth-order valence-electron chi connectivity index (χ4n) is 3.16. The molecule has 1 heterocycles. The number of fused-ring (bicyclic) bond motifs is 1. The lowest BCUT2D eigenvalue weighted by atomic mass is 10.1. The summed E-state index contributed by atoms with van der Waals surface area (Å²) in [4.78, 5) is 14.9. The van der Waals surface area contributed by atoms with Gasteiger partial charge in [-0.1, -0.05) is 30.7 Å². The Kier molecular flexibility index (Phi) is 7.09. The summed E-state index contributed by atoms with van der Waals surface area (Å²) >= 11 is 6.38. The lowest BCUT2D eigenvalue weighted by molar-refractivity contribution is 0.0748. The van der Waals surface area contributed by atoms with Crippen LogP contribution in [0.25, 0.3) is 0 Å². The zero-order chi connectivity index (χ0) is 20.8. The fraction of sp³-hybridized carbons (Fsp3) is 0.409. The summed E-state index contributed by atoms with van der Waals surface area (Å²) in [6, 6.07) is 9.01. The molecule has 7 heteroatoms. The second-order valence-corrected chi connectivity index (χ2v) is 7.01. The molecule has 0 radical (unpaired) electrons. The van der Waals surface area contributed by atoms with Crippen LogP contribution >= 0.6 is 11.6 Å². The number of hydrogen-bond acceptors (Lipinski definition) is 5. The van der Waals surface area contributed by atoms with E-state index in [9.17, 15) is 4.79 Å². The summed E-state index contributed by atoms with van der Waals surface area (Å²) in [5.74, 6) is 2.16. The average molecular weight is 420 g/mol. The number of para-hydroxylation sites is 1. The van der Waals surface area contributed by atoms with Crippen molar-refractivity contribution in [2.24, 2.45) is 0 Å². The summed E-state index contributed by atoms with van der Waals surface area (Å²) in [5.41, 5.74) is 1.35. The van der Waals surface area contributed by atoms with Crippen LogP contribution in [0.15, 0.2) is 30.3 Å². The van der Waals surface area contributed by atoms with Crippen LogP contribution in [-0.2, 0) is 6.54 Å². The number of hydrogen-bond donors (Lipinski definition) is 0. The number of halogens is 1. The molecule has 0 N–H and O–H groups in total. The minimum atomic E-state index is -0.149. The standard InChI is InChI=1S/C22H26ClNO5/c1-4-9-28-21-17(23)12-16(13-19(21)26-3)22(25)24(5-2)14-15-7-6-8-18-20(15)29-11-10-27-18/h6-8,12-13H,4-5,9-11,14H2,1-3H3. The number of carbonyl (C=O) groups excluding carboxylic acids is 1. The lowest BCUT2D eigenvalue weighted by Gasteiger charge is -2.26. The average Bonchev–Trinajstić information content (AvgIpc) is 2.75. The highest BCUT2D eigenvalue weighted by atomic mass is 35.5. The summed E-state index contributed by atoms with van der Waals surface area (Å²) in [6.45, 7) is 6.41. The highest BCUT2D eigenvalue weighted by Gasteiger charge is 2.22. The Balaban J connectivity index is 1.85. The van der Waals surface area contributed by atoms with Crippen LogP contribution in [0.1, 0.15) is 36.2 Å². The minimum absolute atomic E-state index is 0.149. The molecule has 0 saturated carbocycles. The molecule has 0 atom stereocenters. The number of rotatable bonds is 8. The maximum atomic E-state index is 13.2. The van der Waals surface area contributed by atoms with E-state index >= 15 is 0 Å². The van der Waals surface area contributed by atoms with Crippen LogP contribution in [0.5, 0.6) is 23.0 Å². The van der Waals surface area contributed by atoms with E-state index in [1.165, 1.54) is 7.11 Å². The van der Waals surface area contributed by atoms with Gasteiger partial charge in [-0.05, 0) is 31.5 Å². The zero-order valence-electron chi connectivity index (χ0n) is 17.0. The van der Waals surface area contributed by atoms with Crippen molar-refractivity contribution < 1.29 is 23.7 Å². The second-order valence-electron chi connectivity index (χ2n) is 6.60. The maximum Gasteiger partial charge on any atom is 0.254 e. The molecular weight excluding hydrogens is 394 g/mol. The van der Waals surface area contributed by atoms with Gasteiger partial charge in [0.15, 0.2) is 23.0 Å².